The van der Waals surface area contributed by atoms with Crippen molar-refractivity contribution >= 4 is 5.97 Å². The van der Waals surface area contributed by atoms with E-state index in [1.54, 1.807) is 0 Å². The molecule has 4 rings (SSSR count). The molecule has 2 saturated carbocycles. The predicted octanol–water partition coefficient (Wildman–Crippen LogP) is 4.27. The van der Waals surface area contributed by atoms with Crippen LogP contribution in [0.25, 0.3) is 0 Å². The van der Waals surface area contributed by atoms with Crippen LogP contribution in [-0.4, -0.2) is 23.3 Å². The normalized spacial score (nSPS) is 51.3. The van der Waals surface area contributed by atoms with Crippen LogP contribution in [0.4, 0.5) is 0 Å². The lowest BCUT2D eigenvalue weighted by atomic mass is 9.50. The Morgan fingerprint density at radius 2 is 2.09 bits per heavy atom. The van der Waals surface area contributed by atoms with E-state index in [4.69, 9.17) is 4.74 Å². The fraction of sp³-hybridized carbons (Fsp3) is 0.850. The summed E-state index contributed by atoms with van der Waals surface area (Å²) in [6.45, 7) is 8.99. The van der Waals surface area contributed by atoms with Gasteiger partial charge in [-0.3, -0.25) is 4.79 Å². The molecular weight excluding hydrogens is 288 g/mol. The quantitative estimate of drug-likeness (QED) is 0.611. The first-order valence-corrected chi connectivity index (χ1v) is 9.37. The zero-order valence-corrected chi connectivity index (χ0v) is 14.8. The fourth-order valence-electron chi connectivity index (χ4n) is 6.65. The van der Waals surface area contributed by atoms with Gasteiger partial charge in [-0.25, -0.2) is 0 Å². The molecule has 128 valence electrons. The summed E-state index contributed by atoms with van der Waals surface area (Å²) in [5, 5.41) is 10.3. The molecule has 0 unspecified atom stereocenters. The van der Waals surface area contributed by atoms with Gasteiger partial charge in [-0.2, -0.15) is 0 Å². The molecule has 0 aromatic rings. The second-order valence-electron chi connectivity index (χ2n) is 9.23. The molecule has 0 aromatic carbocycles. The Hall–Kier alpha value is -0.830. The Morgan fingerprint density at radius 3 is 2.74 bits per heavy atom. The SMILES string of the molecule is CC1=CC[C@]2(C)CC[C@]3(C(=O)O)[C@@H](C(C)C)CC[C@H]3[C@@H]2[C@@H]2O[C@H]12. The molecule has 0 amide bonds. The van der Waals surface area contributed by atoms with Crippen molar-refractivity contribution in [3.05, 3.63) is 11.6 Å². The van der Waals surface area contributed by atoms with E-state index in [0.717, 1.165) is 32.1 Å². The van der Waals surface area contributed by atoms with Gasteiger partial charge in [0.2, 0.25) is 0 Å². The summed E-state index contributed by atoms with van der Waals surface area (Å²) in [5.74, 6) is 0.938. The minimum Gasteiger partial charge on any atom is -0.481 e. The number of ether oxygens (including phenoxy) is 1. The molecule has 1 aliphatic heterocycles. The highest BCUT2D eigenvalue weighted by Gasteiger charge is 2.68. The van der Waals surface area contributed by atoms with Crippen molar-refractivity contribution in [2.24, 2.45) is 34.5 Å². The number of epoxide rings is 1. The van der Waals surface area contributed by atoms with Gasteiger partial charge in [0.25, 0.3) is 0 Å². The van der Waals surface area contributed by atoms with Crippen LogP contribution < -0.4 is 0 Å². The van der Waals surface area contributed by atoms with Crippen LogP contribution in [0.15, 0.2) is 11.6 Å². The van der Waals surface area contributed by atoms with Gasteiger partial charge in [0, 0.05) is 0 Å². The zero-order chi connectivity index (χ0) is 16.6. The van der Waals surface area contributed by atoms with Crippen LogP contribution in [0.3, 0.4) is 0 Å². The summed E-state index contributed by atoms with van der Waals surface area (Å²) >= 11 is 0. The highest BCUT2D eigenvalue weighted by molar-refractivity contribution is 5.76. The molecular formula is C20H30O3. The summed E-state index contributed by atoms with van der Waals surface area (Å²) in [5.41, 5.74) is 1.07. The number of allylic oxidation sites excluding steroid dienone is 1. The van der Waals surface area contributed by atoms with Crippen LogP contribution >= 0.6 is 0 Å². The highest BCUT2D eigenvalue weighted by atomic mass is 16.6. The average Bonchev–Trinajstić information content (AvgIpc) is 3.17. The molecule has 0 radical (unpaired) electrons. The van der Waals surface area contributed by atoms with Crippen LogP contribution in [-0.2, 0) is 9.53 Å². The van der Waals surface area contributed by atoms with Crippen LogP contribution in [0.2, 0.25) is 0 Å². The molecule has 4 aliphatic rings. The summed E-state index contributed by atoms with van der Waals surface area (Å²) in [7, 11) is 0. The van der Waals surface area contributed by atoms with Gasteiger partial charge in [-0.05, 0) is 73.7 Å². The van der Waals surface area contributed by atoms with Crippen LogP contribution in [0.5, 0.6) is 0 Å². The first-order valence-electron chi connectivity index (χ1n) is 9.37. The molecule has 3 aliphatic carbocycles. The smallest absolute Gasteiger partial charge is 0.310 e. The van der Waals surface area contributed by atoms with Gasteiger partial charge in [0.15, 0.2) is 0 Å². The molecule has 0 spiro atoms. The Bertz CT molecular complexity index is 565. The molecule has 1 N–H and O–H groups in total. The third-order valence-corrected chi connectivity index (χ3v) is 7.88. The van der Waals surface area contributed by atoms with E-state index >= 15 is 0 Å². The Balaban J connectivity index is 1.77. The van der Waals surface area contributed by atoms with Gasteiger partial charge < -0.3 is 9.84 Å². The number of carbonyl (C=O) groups is 1. The van der Waals surface area contributed by atoms with E-state index in [2.05, 4.69) is 33.8 Å². The first-order chi connectivity index (χ1) is 10.8. The number of fused-ring (bicyclic) bond motifs is 5. The predicted molar refractivity (Wildman–Crippen MR) is 89.0 cm³/mol. The average molecular weight is 318 g/mol. The third-order valence-electron chi connectivity index (χ3n) is 7.88. The molecule has 0 bridgehead atoms. The second-order valence-corrected chi connectivity index (χ2v) is 9.23. The topological polar surface area (TPSA) is 49.8 Å². The number of carboxylic acids is 1. The summed E-state index contributed by atoms with van der Waals surface area (Å²) < 4.78 is 6.07. The van der Waals surface area contributed by atoms with Gasteiger partial charge >= 0.3 is 5.97 Å². The number of aliphatic carboxylic acids is 1. The lowest BCUT2D eigenvalue weighted by Crippen LogP contribution is -2.54. The highest BCUT2D eigenvalue weighted by Crippen LogP contribution is 2.68. The summed E-state index contributed by atoms with van der Waals surface area (Å²) in [4.78, 5) is 12.5. The molecule has 1 heterocycles. The molecule has 23 heavy (non-hydrogen) atoms. The maximum absolute atomic E-state index is 12.5. The number of hydrogen-bond donors (Lipinski definition) is 1. The molecule has 0 aromatic heterocycles. The lowest BCUT2D eigenvalue weighted by molar-refractivity contribution is -0.167. The Labute approximate surface area is 139 Å². The molecule has 3 fully saturated rings. The van der Waals surface area contributed by atoms with Gasteiger partial charge in [-0.1, -0.05) is 26.8 Å². The molecule has 7 atom stereocenters. The number of carboxylic acid groups (broad SMARTS) is 1. The molecule has 1 saturated heterocycles. The van der Waals surface area contributed by atoms with E-state index in [-0.39, 0.29) is 17.6 Å². The van der Waals surface area contributed by atoms with E-state index < -0.39 is 11.4 Å². The van der Waals surface area contributed by atoms with E-state index in [9.17, 15) is 9.90 Å². The van der Waals surface area contributed by atoms with Gasteiger partial charge in [-0.15, -0.1) is 0 Å². The maximum atomic E-state index is 12.5. The van der Waals surface area contributed by atoms with Crippen LogP contribution in [0.1, 0.15) is 59.8 Å². The monoisotopic (exact) mass is 318 g/mol. The number of rotatable bonds is 2. The van der Waals surface area contributed by atoms with E-state index in [1.807, 2.05) is 0 Å². The van der Waals surface area contributed by atoms with Gasteiger partial charge in [0.1, 0.15) is 6.10 Å². The van der Waals surface area contributed by atoms with E-state index in [0.29, 0.717) is 23.7 Å². The molecule has 3 heteroatoms. The van der Waals surface area contributed by atoms with Crippen molar-refractivity contribution in [3.63, 3.8) is 0 Å². The van der Waals surface area contributed by atoms with Crippen molar-refractivity contribution in [2.45, 2.75) is 72.0 Å². The van der Waals surface area contributed by atoms with Gasteiger partial charge in [0.05, 0.1) is 11.5 Å². The van der Waals surface area contributed by atoms with E-state index in [1.165, 1.54) is 5.57 Å². The first kappa shape index (κ1) is 15.7. The van der Waals surface area contributed by atoms with Crippen molar-refractivity contribution in [2.75, 3.05) is 0 Å². The van der Waals surface area contributed by atoms with Crippen molar-refractivity contribution in [1.29, 1.82) is 0 Å². The summed E-state index contributed by atoms with van der Waals surface area (Å²) in [6, 6.07) is 0. The maximum Gasteiger partial charge on any atom is 0.310 e. The standard InChI is InChI=1S/C20H30O3/c1-11(2)13-5-6-14-15-17-16(23-17)12(3)7-8-19(15,4)9-10-20(13,14)18(21)22/h7,11,13-17H,5-6,8-10H2,1-4H3,(H,21,22)/t13-,14+,15-,16-,17+,19-,20+/m1/s1. The fourth-order valence-corrected chi connectivity index (χ4v) is 6.65. The largest absolute Gasteiger partial charge is 0.481 e. The zero-order valence-electron chi connectivity index (χ0n) is 14.8. The number of hydrogen-bond acceptors (Lipinski definition) is 2. The third kappa shape index (κ3) is 1.95. The van der Waals surface area contributed by atoms with Crippen molar-refractivity contribution in [1.82, 2.24) is 0 Å². The summed E-state index contributed by atoms with van der Waals surface area (Å²) in [6.07, 6.45) is 8.03. The Morgan fingerprint density at radius 1 is 1.35 bits per heavy atom. The minimum atomic E-state index is -0.535. The van der Waals surface area contributed by atoms with Crippen LogP contribution in [0, 0.1) is 34.5 Å². The molecule has 3 nitrogen and oxygen atoms in total. The lowest BCUT2D eigenvalue weighted by Gasteiger charge is -2.53. The second kappa shape index (κ2) is 4.84. The van der Waals surface area contributed by atoms with Crippen molar-refractivity contribution in [3.8, 4) is 0 Å². The minimum absolute atomic E-state index is 0.215. The Kier molecular flexibility index (Phi) is 3.30. The van der Waals surface area contributed by atoms with Crippen molar-refractivity contribution < 1.29 is 14.6 Å².